The second kappa shape index (κ2) is 3.95. The van der Waals surface area contributed by atoms with Crippen molar-refractivity contribution in [3.63, 3.8) is 0 Å². The topological polar surface area (TPSA) is 109 Å². The van der Waals surface area contributed by atoms with Crippen molar-refractivity contribution in [2.24, 2.45) is 0 Å². The van der Waals surface area contributed by atoms with Crippen molar-refractivity contribution >= 4 is 16.9 Å². The minimum atomic E-state index is 0.390. The van der Waals surface area contributed by atoms with Gasteiger partial charge in [-0.15, -0.1) is 0 Å². The lowest BCUT2D eigenvalue weighted by Gasteiger charge is -2.03. The van der Waals surface area contributed by atoms with Crippen LogP contribution in [0.1, 0.15) is 5.69 Å². The molecular weight excluding hydrogens is 260 g/mol. The van der Waals surface area contributed by atoms with E-state index in [1.165, 1.54) is 6.33 Å². The van der Waals surface area contributed by atoms with Crippen LogP contribution in [-0.2, 0) is 0 Å². The summed E-state index contributed by atoms with van der Waals surface area (Å²) in [4.78, 5) is 23.6. The molecule has 0 bridgehead atoms. The van der Waals surface area contributed by atoms with E-state index in [4.69, 9.17) is 4.74 Å². The summed E-state index contributed by atoms with van der Waals surface area (Å²) in [7, 11) is 0. The number of aromatic amines is 2. The quantitative estimate of drug-likeness (QED) is 0.507. The lowest BCUT2D eigenvalue weighted by Crippen LogP contribution is -2.27. The fourth-order valence-electron chi connectivity index (χ4n) is 1.93. The van der Waals surface area contributed by atoms with Gasteiger partial charge in [-0.3, -0.25) is 0 Å². The van der Waals surface area contributed by atoms with Crippen LogP contribution in [0.4, 0.5) is 0 Å². The first-order valence-electron chi connectivity index (χ1n) is 5.86. The Hall–Kier alpha value is -3.10. The molecule has 0 amide bonds. The van der Waals surface area contributed by atoms with Gasteiger partial charge in [-0.05, 0) is 6.92 Å². The van der Waals surface area contributed by atoms with Gasteiger partial charge in [0, 0.05) is 0 Å². The summed E-state index contributed by atoms with van der Waals surface area (Å²) < 4.78 is 7.45. The minimum absolute atomic E-state index is 0.390. The molecule has 0 aliphatic rings. The van der Waals surface area contributed by atoms with Crippen LogP contribution in [0.25, 0.3) is 16.9 Å². The van der Waals surface area contributed by atoms with Gasteiger partial charge < -0.3 is 9.72 Å². The Morgan fingerprint density at radius 1 is 1.15 bits per heavy atom. The van der Waals surface area contributed by atoms with E-state index >= 15 is 0 Å². The molecule has 9 heteroatoms. The van der Waals surface area contributed by atoms with Crippen LogP contribution in [0.3, 0.4) is 0 Å². The molecule has 4 heterocycles. The Morgan fingerprint density at radius 3 is 3.05 bits per heavy atom. The molecule has 0 aromatic carbocycles. The molecule has 4 aromatic heterocycles. The zero-order valence-electron chi connectivity index (χ0n) is 10.4. The van der Waals surface area contributed by atoms with Gasteiger partial charge in [0.05, 0.1) is 12.4 Å². The number of nitrogens with one attached hydrogen (secondary N) is 2. The summed E-state index contributed by atoms with van der Waals surface area (Å²) in [5.41, 5.74) is 1.98. The largest absolute Gasteiger partial charge is 0.460 e. The maximum absolute atomic E-state index is 5.83. The first-order chi connectivity index (χ1) is 9.81. The van der Waals surface area contributed by atoms with E-state index in [0.29, 0.717) is 28.7 Å². The molecule has 20 heavy (non-hydrogen) atoms. The molecule has 0 atom stereocenters. The number of ether oxygens (including phenoxy) is 1. The van der Waals surface area contributed by atoms with Crippen molar-refractivity contribution in [3.8, 4) is 11.8 Å². The molecule has 0 aliphatic carbocycles. The fourth-order valence-corrected chi connectivity index (χ4v) is 1.93. The van der Waals surface area contributed by atoms with Crippen molar-refractivity contribution < 1.29 is 9.25 Å². The van der Waals surface area contributed by atoms with Crippen LogP contribution in [-0.4, -0.2) is 35.0 Å². The Bertz CT molecular complexity index is 911. The van der Waals surface area contributed by atoms with Crippen LogP contribution >= 0.6 is 0 Å². The van der Waals surface area contributed by atoms with E-state index in [-0.39, 0.29) is 0 Å². The van der Waals surface area contributed by atoms with Gasteiger partial charge in [-0.1, -0.05) is 14.5 Å². The van der Waals surface area contributed by atoms with Crippen molar-refractivity contribution in [2.45, 2.75) is 6.92 Å². The van der Waals surface area contributed by atoms with Crippen molar-refractivity contribution in [1.82, 2.24) is 35.0 Å². The number of H-pyrrole nitrogens is 2. The lowest BCUT2D eigenvalue weighted by molar-refractivity contribution is -0.586. The van der Waals surface area contributed by atoms with E-state index < -0.39 is 0 Å². The zero-order valence-corrected chi connectivity index (χ0v) is 10.4. The highest BCUT2D eigenvalue weighted by atomic mass is 16.5. The standard InChI is InChI=1S/C11H8N8O/c1-6-2-7(19-11(18-6)16-5-17-19)20-10-8-9(13-3-12-8)14-4-15-10/h2-5H,1H3,(H,12,13,14,15)/p+1. The van der Waals surface area contributed by atoms with Gasteiger partial charge in [0.1, 0.15) is 17.5 Å². The van der Waals surface area contributed by atoms with Crippen LogP contribution in [0.2, 0.25) is 0 Å². The molecule has 9 nitrogen and oxygen atoms in total. The molecule has 4 aromatic rings. The summed E-state index contributed by atoms with van der Waals surface area (Å²) in [5, 5.41) is 2.93. The van der Waals surface area contributed by atoms with E-state index in [0.717, 1.165) is 5.69 Å². The fraction of sp³-hybridized carbons (Fsp3) is 0.0909. The van der Waals surface area contributed by atoms with Crippen LogP contribution in [0.5, 0.6) is 11.8 Å². The summed E-state index contributed by atoms with van der Waals surface area (Å²) >= 11 is 0. The molecule has 0 spiro atoms. The molecule has 0 radical (unpaired) electrons. The monoisotopic (exact) mass is 269 g/mol. The molecule has 2 N–H and O–H groups in total. The van der Waals surface area contributed by atoms with Crippen molar-refractivity contribution in [2.75, 3.05) is 0 Å². The molecule has 98 valence electrons. The lowest BCUT2D eigenvalue weighted by atomic mass is 10.4. The van der Waals surface area contributed by atoms with Crippen molar-refractivity contribution in [1.29, 1.82) is 0 Å². The number of aromatic nitrogens is 8. The number of fused-ring (bicyclic) bond motifs is 2. The molecule has 0 saturated heterocycles. The van der Waals surface area contributed by atoms with Crippen LogP contribution in [0, 0.1) is 6.92 Å². The first kappa shape index (κ1) is 10.8. The smallest absolute Gasteiger partial charge is 0.406 e. The number of hydrogen-bond donors (Lipinski definition) is 2. The van der Waals surface area contributed by atoms with Gasteiger partial charge in [-0.2, -0.15) is 4.98 Å². The summed E-state index contributed by atoms with van der Waals surface area (Å²) in [6.07, 6.45) is 4.49. The Kier molecular flexibility index (Phi) is 2.13. The Balaban J connectivity index is 1.88. The van der Waals surface area contributed by atoms with E-state index in [2.05, 4.69) is 35.0 Å². The third-order valence-corrected chi connectivity index (χ3v) is 2.79. The minimum Gasteiger partial charge on any atom is -0.406 e. The summed E-state index contributed by atoms with van der Waals surface area (Å²) in [5.74, 6) is 1.44. The first-order valence-corrected chi connectivity index (χ1v) is 5.86. The number of rotatable bonds is 2. The average molecular weight is 269 g/mol. The van der Waals surface area contributed by atoms with E-state index in [9.17, 15) is 0 Å². The van der Waals surface area contributed by atoms with Gasteiger partial charge in [-0.25, -0.2) is 15.1 Å². The third-order valence-electron chi connectivity index (χ3n) is 2.79. The molecule has 0 unspecified atom stereocenters. The van der Waals surface area contributed by atoms with Crippen molar-refractivity contribution in [3.05, 3.63) is 30.7 Å². The Morgan fingerprint density at radius 2 is 2.10 bits per heavy atom. The summed E-state index contributed by atoms with van der Waals surface area (Å²) in [6.45, 7) is 1.87. The van der Waals surface area contributed by atoms with Gasteiger partial charge >= 0.3 is 5.78 Å². The van der Waals surface area contributed by atoms with Crippen LogP contribution in [0.15, 0.2) is 25.0 Å². The normalized spacial score (nSPS) is 11.2. The average Bonchev–Trinajstić information content (AvgIpc) is 3.06. The summed E-state index contributed by atoms with van der Waals surface area (Å²) in [6, 6.07) is 1.79. The van der Waals surface area contributed by atoms with E-state index in [1.54, 1.807) is 23.2 Å². The highest BCUT2D eigenvalue weighted by Crippen LogP contribution is 2.22. The predicted octanol–water partition coefficient (Wildman–Crippen LogP) is 0.310. The number of nitrogens with zero attached hydrogens (tertiary/aromatic N) is 6. The Labute approximate surface area is 111 Å². The number of aryl methyl sites for hydroxylation is 1. The maximum Gasteiger partial charge on any atom is 0.460 e. The second-order valence-corrected chi connectivity index (χ2v) is 4.14. The number of imidazole rings is 1. The zero-order chi connectivity index (χ0) is 13.5. The van der Waals surface area contributed by atoms with Gasteiger partial charge in [0.25, 0.3) is 11.8 Å². The van der Waals surface area contributed by atoms with E-state index in [1.807, 2.05) is 6.92 Å². The van der Waals surface area contributed by atoms with Crippen LogP contribution < -0.4 is 9.25 Å². The molecule has 4 rings (SSSR count). The SMILES string of the molecule is Cc1cc(Oc2ncnc3nc[nH]c23)[n+]2[nH]cnc2n1. The third kappa shape index (κ3) is 1.56. The molecular formula is C11H9N8O+. The molecule has 0 saturated carbocycles. The maximum atomic E-state index is 5.83. The second-order valence-electron chi connectivity index (χ2n) is 4.14. The van der Waals surface area contributed by atoms with Gasteiger partial charge in [0.15, 0.2) is 12.0 Å². The molecule has 0 fully saturated rings. The van der Waals surface area contributed by atoms with Gasteiger partial charge in [0.2, 0.25) is 0 Å². The molecule has 0 aliphatic heterocycles. The predicted molar refractivity (Wildman–Crippen MR) is 66.0 cm³/mol. The highest BCUT2D eigenvalue weighted by molar-refractivity contribution is 5.75. The number of hydrogen-bond acceptors (Lipinski definition) is 6. The highest BCUT2D eigenvalue weighted by Gasteiger charge is 2.17.